The van der Waals surface area contributed by atoms with Crippen molar-refractivity contribution in [3.63, 3.8) is 0 Å². The molecule has 0 atom stereocenters. The smallest absolute Gasteiger partial charge is 0.399 e. The van der Waals surface area contributed by atoms with Crippen LogP contribution in [-0.4, -0.2) is 18.3 Å². The van der Waals surface area contributed by atoms with Crippen molar-refractivity contribution in [2.45, 2.75) is 38.9 Å². The minimum Gasteiger partial charge on any atom is -0.399 e. The van der Waals surface area contributed by atoms with Crippen LogP contribution < -0.4 is 5.46 Å². The average molecular weight is 233 g/mol. The minimum absolute atomic E-state index is 0.373. The lowest BCUT2D eigenvalue weighted by Gasteiger charge is -2.32. The standard InChI is InChI=1S/C12H16BNO3/c1-11(2)12(3,4)17-13(16-11)9-6-5-7-10(8-9)14-15/h5-8H,1-4H3. The van der Waals surface area contributed by atoms with E-state index in [0.29, 0.717) is 5.69 Å². The summed E-state index contributed by atoms with van der Waals surface area (Å²) in [7, 11) is -0.443. The minimum atomic E-state index is -0.443. The van der Waals surface area contributed by atoms with Crippen LogP contribution >= 0.6 is 0 Å². The Morgan fingerprint density at radius 2 is 1.71 bits per heavy atom. The van der Waals surface area contributed by atoms with E-state index in [4.69, 9.17) is 9.31 Å². The van der Waals surface area contributed by atoms with Gasteiger partial charge >= 0.3 is 7.12 Å². The second kappa shape index (κ2) is 3.93. The molecule has 0 aromatic heterocycles. The highest BCUT2D eigenvalue weighted by Gasteiger charge is 2.51. The zero-order valence-electron chi connectivity index (χ0n) is 10.6. The van der Waals surface area contributed by atoms with Gasteiger partial charge in [-0.2, -0.15) is 0 Å². The van der Waals surface area contributed by atoms with Gasteiger partial charge in [-0.3, -0.25) is 0 Å². The first-order valence-electron chi connectivity index (χ1n) is 5.65. The molecule has 0 N–H and O–H groups in total. The van der Waals surface area contributed by atoms with Gasteiger partial charge in [-0.15, -0.1) is 4.91 Å². The van der Waals surface area contributed by atoms with Crippen molar-refractivity contribution in [3.8, 4) is 0 Å². The van der Waals surface area contributed by atoms with Crippen LogP contribution in [-0.2, 0) is 9.31 Å². The highest BCUT2D eigenvalue weighted by atomic mass is 16.7. The van der Waals surface area contributed by atoms with Gasteiger partial charge in [0.25, 0.3) is 0 Å². The summed E-state index contributed by atoms with van der Waals surface area (Å²) in [6.45, 7) is 7.98. The van der Waals surface area contributed by atoms with E-state index >= 15 is 0 Å². The average Bonchev–Trinajstić information content (AvgIpc) is 2.48. The summed E-state index contributed by atoms with van der Waals surface area (Å²) in [6, 6.07) is 6.99. The SMILES string of the molecule is CC1(C)OB(c2cccc(N=O)c2)OC1(C)C. The summed E-state index contributed by atoms with van der Waals surface area (Å²) in [5.74, 6) is 0. The predicted octanol–water partition coefficient (Wildman–Crippen LogP) is 2.38. The van der Waals surface area contributed by atoms with Crippen molar-refractivity contribution >= 4 is 18.3 Å². The van der Waals surface area contributed by atoms with Gasteiger partial charge in [-0.25, -0.2) is 0 Å². The molecule has 2 rings (SSSR count). The summed E-state index contributed by atoms with van der Waals surface area (Å²) < 4.78 is 11.8. The molecule has 0 radical (unpaired) electrons. The molecular formula is C12H16BNO3. The number of hydrogen-bond acceptors (Lipinski definition) is 4. The van der Waals surface area contributed by atoms with Crippen LogP contribution in [0.2, 0.25) is 0 Å². The normalized spacial score (nSPS) is 21.5. The second-order valence-electron chi connectivity index (χ2n) is 5.27. The lowest BCUT2D eigenvalue weighted by Crippen LogP contribution is -2.41. The molecule has 1 aliphatic rings. The largest absolute Gasteiger partial charge is 0.494 e. The molecule has 1 aliphatic heterocycles. The van der Waals surface area contributed by atoms with Crippen molar-refractivity contribution in [1.29, 1.82) is 0 Å². The highest BCUT2D eigenvalue weighted by molar-refractivity contribution is 6.62. The van der Waals surface area contributed by atoms with Crippen LogP contribution in [0.25, 0.3) is 0 Å². The van der Waals surface area contributed by atoms with Crippen molar-refractivity contribution in [2.24, 2.45) is 5.18 Å². The molecule has 0 aliphatic carbocycles. The number of nitroso groups, excluding NO2 is 1. The number of nitrogens with zero attached hydrogens (tertiary/aromatic N) is 1. The van der Waals surface area contributed by atoms with E-state index in [9.17, 15) is 4.91 Å². The molecule has 0 saturated carbocycles. The van der Waals surface area contributed by atoms with Gasteiger partial charge in [-0.05, 0) is 50.5 Å². The van der Waals surface area contributed by atoms with Gasteiger partial charge in [0.05, 0.1) is 11.2 Å². The number of hydrogen-bond donors (Lipinski definition) is 0. The maximum Gasteiger partial charge on any atom is 0.494 e. The van der Waals surface area contributed by atoms with Crippen LogP contribution in [0.15, 0.2) is 29.4 Å². The van der Waals surface area contributed by atoms with E-state index in [2.05, 4.69) is 5.18 Å². The van der Waals surface area contributed by atoms with Crippen LogP contribution in [0.5, 0.6) is 0 Å². The fourth-order valence-electron chi connectivity index (χ4n) is 1.71. The summed E-state index contributed by atoms with van der Waals surface area (Å²) in [6.07, 6.45) is 0. The Balaban J connectivity index is 2.28. The molecular weight excluding hydrogens is 217 g/mol. The van der Waals surface area contributed by atoms with Crippen LogP contribution in [0.1, 0.15) is 27.7 Å². The third kappa shape index (κ3) is 2.12. The van der Waals surface area contributed by atoms with Gasteiger partial charge < -0.3 is 9.31 Å². The molecule has 0 spiro atoms. The Morgan fingerprint density at radius 1 is 1.12 bits per heavy atom. The molecule has 1 aromatic rings. The quantitative estimate of drug-likeness (QED) is 0.582. The van der Waals surface area contributed by atoms with Crippen molar-refractivity contribution in [1.82, 2.24) is 0 Å². The Bertz CT molecular complexity index is 429. The van der Waals surface area contributed by atoms with E-state index < -0.39 is 7.12 Å². The molecule has 1 heterocycles. The van der Waals surface area contributed by atoms with Gasteiger partial charge in [0, 0.05) is 0 Å². The van der Waals surface area contributed by atoms with Crippen molar-refractivity contribution < 1.29 is 9.31 Å². The Hall–Kier alpha value is -1.20. The number of benzene rings is 1. The van der Waals surface area contributed by atoms with Crippen molar-refractivity contribution in [2.75, 3.05) is 0 Å². The van der Waals surface area contributed by atoms with E-state index in [1.807, 2.05) is 33.8 Å². The van der Waals surface area contributed by atoms with Crippen LogP contribution in [0.3, 0.4) is 0 Å². The summed E-state index contributed by atoms with van der Waals surface area (Å²) in [5.41, 5.74) is 0.461. The topological polar surface area (TPSA) is 47.9 Å². The van der Waals surface area contributed by atoms with Crippen LogP contribution in [0, 0.1) is 4.91 Å². The molecule has 17 heavy (non-hydrogen) atoms. The van der Waals surface area contributed by atoms with E-state index in [-0.39, 0.29) is 11.2 Å². The van der Waals surface area contributed by atoms with E-state index in [1.54, 1.807) is 18.2 Å². The Labute approximate surface area is 101 Å². The maximum atomic E-state index is 10.5. The van der Waals surface area contributed by atoms with Gasteiger partial charge in [0.1, 0.15) is 5.69 Å². The first-order chi connectivity index (χ1) is 7.86. The molecule has 90 valence electrons. The lowest BCUT2D eigenvalue weighted by atomic mass is 9.79. The maximum absolute atomic E-state index is 10.5. The molecule has 1 saturated heterocycles. The zero-order valence-corrected chi connectivity index (χ0v) is 10.6. The van der Waals surface area contributed by atoms with Gasteiger partial charge in [0.15, 0.2) is 0 Å². The molecule has 1 aromatic carbocycles. The third-order valence-corrected chi connectivity index (χ3v) is 3.50. The summed E-state index contributed by atoms with van der Waals surface area (Å²) in [4.78, 5) is 10.5. The van der Waals surface area contributed by atoms with Gasteiger partial charge in [-0.1, -0.05) is 12.1 Å². The second-order valence-corrected chi connectivity index (χ2v) is 5.27. The monoisotopic (exact) mass is 233 g/mol. The Kier molecular flexibility index (Phi) is 2.83. The first-order valence-corrected chi connectivity index (χ1v) is 5.65. The fourth-order valence-corrected chi connectivity index (χ4v) is 1.71. The van der Waals surface area contributed by atoms with Crippen LogP contribution in [0.4, 0.5) is 5.69 Å². The molecule has 1 fully saturated rings. The number of rotatable bonds is 2. The molecule has 4 nitrogen and oxygen atoms in total. The van der Waals surface area contributed by atoms with E-state index in [1.165, 1.54) is 0 Å². The lowest BCUT2D eigenvalue weighted by molar-refractivity contribution is 0.00578. The molecule has 0 amide bonds. The third-order valence-electron chi connectivity index (χ3n) is 3.50. The van der Waals surface area contributed by atoms with Crippen molar-refractivity contribution in [3.05, 3.63) is 29.2 Å². The summed E-state index contributed by atoms with van der Waals surface area (Å²) in [5, 5.41) is 2.91. The zero-order chi connectivity index (χ0) is 12.7. The summed E-state index contributed by atoms with van der Waals surface area (Å²) >= 11 is 0. The molecule has 5 heteroatoms. The fraction of sp³-hybridized carbons (Fsp3) is 0.500. The van der Waals surface area contributed by atoms with E-state index in [0.717, 1.165) is 5.46 Å². The highest BCUT2D eigenvalue weighted by Crippen LogP contribution is 2.36. The predicted molar refractivity (Wildman–Crippen MR) is 67.6 cm³/mol. The van der Waals surface area contributed by atoms with Gasteiger partial charge in [0.2, 0.25) is 0 Å². The first kappa shape index (κ1) is 12.3. The molecule has 0 unspecified atom stereocenters. The Morgan fingerprint density at radius 3 is 2.24 bits per heavy atom. The molecule has 0 bridgehead atoms.